The first-order valence-corrected chi connectivity index (χ1v) is 7.97. The molecular formula is C16H17BrO. The van der Waals surface area contributed by atoms with Gasteiger partial charge in [0.2, 0.25) is 0 Å². The third-order valence-electron chi connectivity index (χ3n) is 6.46. The second kappa shape index (κ2) is 3.04. The van der Waals surface area contributed by atoms with Gasteiger partial charge in [0, 0.05) is 7.11 Å². The molecule has 8 unspecified atom stereocenters. The van der Waals surface area contributed by atoms with Gasteiger partial charge in [-0.05, 0) is 47.5 Å². The van der Waals surface area contributed by atoms with Crippen molar-refractivity contribution in [3.63, 3.8) is 0 Å². The molecule has 94 valence electrons. The molecule has 0 saturated heterocycles. The Kier molecular flexibility index (Phi) is 1.76. The van der Waals surface area contributed by atoms with Crippen LogP contribution in [0, 0.1) is 35.5 Å². The Labute approximate surface area is 116 Å². The van der Waals surface area contributed by atoms with Gasteiger partial charge in [0.1, 0.15) is 5.60 Å². The van der Waals surface area contributed by atoms with Crippen LogP contribution < -0.4 is 0 Å². The van der Waals surface area contributed by atoms with E-state index in [1.165, 1.54) is 12.0 Å². The number of hydrogen-bond acceptors (Lipinski definition) is 1. The summed E-state index contributed by atoms with van der Waals surface area (Å²) in [5.41, 5.74) is 1.33. The fourth-order valence-corrected chi connectivity index (χ4v) is 7.62. The highest BCUT2D eigenvalue weighted by molar-refractivity contribution is 9.09. The van der Waals surface area contributed by atoms with Crippen molar-refractivity contribution in [1.29, 1.82) is 0 Å². The summed E-state index contributed by atoms with van der Waals surface area (Å²) >= 11 is 4.03. The molecule has 8 atom stereocenters. The maximum absolute atomic E-state index is 6.18. The van der Waals surface area contributed by atoms with E-state index < -0.39 is 0 Å². The van der Waals surface area contributed by atoms with Gasteiger partial charge in [0.05, 0.1) is 4.83 Å². The number of methoxy groups -OCH3 is 1. The number of hydrogen-bond donors (Lipinski definition) is 0. The summed E-state index contributed by atoms with van der Waals surface area (Å²) in [4.78, 5) is 0.515. The van der Waals surface area contributed by atoms with E-state index in [1.807, 2.05) is 7.11 Å². The first kappa shape index (κ1) is 10.4. The average Bonchev–Trinajstić information content (AvgIpc) is 2.78. The third-order valence-corrected chi connectivity index (χ3v) is 7.75. The summed E-state index contributed by atoms with van der Waals surface area (Å²) in [7, 11) is 1.91. The summed E-state index contributed by atoms with van der Waals surface area (Å²) in [5, 5.41) is 0. The molecule has 1 nitrogen and oxygen atoms in total. The smallest absolute Gasteiger partial charge is 0.109 e. The van der Waals surface area contributed by atoms with E-state index in [-0.39, 0.29) is 5.60 Å². The quantitative estimate of drug-likeness (QED) is 0.761. The Balaban J connectivity index is 1.70. The number of benzene rings is 1. The molecule has 0 heterocycles. The Morgan fingerprint density at radius 2 is 1.89 bits per heavy atom. The molecule has 1 aromatic carbocycles. The predicted octanol–water partition coefficient (Wildman–Crippen LogP) is 3.43. The van der Waals surface area contributed by atoms with Crippen LogP contribution in [0.25, 0.3) is 0 Å². The lowest BCUT2D eigenvalue weighted by Gasteiger charge is -2.40. The molecule has 5 aliphatic carbocycles. The highest BCUT2D eigenvalue weighted by Gasteiger charge is 2.84. The monoisotopic (exact) mass is 304 g/mol. The Morgan fingerprint density at radius 1 is 1.11 bits per heavy atom. The second-order valence-electron chi connectivity index (χ2n) is 6.59. The van der Waals surface area contributed by atoms with Crippen LogP contribution in [0.3, 0.4) is 0 Å². The maximum Gasteiger partial charge on any atom is 0.109 e. The predicted molar refractivity (Wildman–Crippen MR) is 73.4 cm³/mol. The molecule has 0 radical (unpaired) electrons. The van der Waals surface area contributed by atoms with Crippen LogP contribution in [0.15, 0.2) is 30.3 Å². The lowest BCUT2D eigenvalue weighted by atomic mass is 9.78. The van der Waals surface area contributed by atoms with Crippen LogP contribution in [-0.4, -0.2) is 11.9 Å². The van der Waals surface area contributed by atoms with E-state index >= 15 is 0 Å². The van der Waals surface area contributed by atoms with Gasteiger partial charge in [-0.1, -0.05) is 46.3 Å². The topological polar surface area (TPSA) is 9.23 Å². The summed E-state index contributed by atoms with van der Waals surface area (Å²) in [6, 6.07) is 10.9. The van der Waals surface area contributed by atoms with Crippen molar-refractivity contribution in [2.24, 2.45) is 35.5 Å². The summed E-state index contributed by atoms with van der Waals surface area (Å²) in [5.74, 6) is 5.64. The van der Waals surface area contributed by atoms with Gasteiger partial charge < -0.3 is 4.74 Å². The highest BCUT2D eigenvalue weighted by atomic mass is 79.9. The van der Waals surface area contributed by atoms with Crippen LogP contribution in [0.1, 0.15) is 12.0 Å². The van der Waals surface area contributed by atoms with E-state index in [9.17, 15) is 0 Å². The Morgan fingerprint density at radius 3 is 2.50 bits per heavy atom. The molecule has 6 rings (SSSR count). The summed E-state index contributed by atoms with van der Waals surface area (Å²) in [6.07, 6.45) is 1.48. The normalized spacial score (nSPS) is 58.2. The van der Waals surface area contributed by atoms with Gasteiger partial charge in [-0.15, -0.1) is 0 Å². The van der Waals surface area contributed by atoms with Crippen LogP contribution in [0.4, 0.5) is 0 Å². The van der Waals surface area contributed by atoms with Crippen LogP contribution >= 0.6 is 15.9 Å². The highest BCUT2D eigenvalue weighted by Crippen LogP contribution is 2.85. The molecule has 0 N–H and O–H groups in total. The van der Waals surface area contributed by atoms with Gasteiger partial charge in [-0.2, -0.15) is 0 Å². The maximum atomic E-state index is 6.18. The van der Waals surface area contributed by atoms with Gasteiger partial charge in [0.25, 0.3) is 0 Å². The number of halogens is 1. The fourth-order valence-electron chi connectivity index (χ4n) is 6.12. The zero-order valence-corrected chi connectivity index (χ0v) is 12.0. The second-order valence-corrected chi connectivity index (χ2v) is 7.57. The van der Waals surface area contributed by atoms with E-state index in [4.69, 9.17) is 4.74 Å². The van der Waals surface area contributed by atoms with Crippen molar-refractivity contribution < 1.29 is 4.74 Å². The summed E-state index contributed by atoms with van der Waals surface area (Å²) in [6.45, 7) is 0. The van der Waals surface area contributed by atoms with E-state index in [2.05, 4.69) is 46.3 Å². The first-order chi connectivity index (χ1) is 8.80. The van der Waals surface area contributed by atoms with Crippen LogP contribution in [0.5, 0.6) is 0 Å². The van der Waals surface area contributed by atoms with Crippen LogP contribution in [-0.2, 0) is 10.3 Å². The number of alkyl halides is 1. The first-order valence-electron chi connectivity index (χ1n) is 7.05. The molecule has 5 aliphatic rings. The fraction of sp³-hybridized carbons (Fsp3) is 0.625. The number of ether oxygens (including phenoxy) is 1. The zero-order valence-electron chi connectivity index (χ0n) is 10.4. The molecular weight excluding hydrogens is 288 g/mol. The molecule has 5 fully saturated rings. The van der Waals surface area contributed by atoms with Gasteiger partial charge in [-0.3, -0.25) is 0 Å². The van der Waals surface area contributed by atoms with Crippen molar-refractivity contribution in [3.8, 4) is 0 Å². The molecule has 5 saturated carbocycles. The van der Waals surface area contributed by atoms with Crippen molar-refractivity contribution >= 4 is 15.9 Å². The van der Waals surface area contributed by atoms with E-state index in [1.54, 1.807) is 0 Å². The minimum Gasteiger partial charge on any atom is -0.372 e. The van der Waals surface area contributed by atoms with Crippen LogP contribution in [0.2, 0.25) is 0 Å². The molecule has 0 aliphatic heterocycles. The van der Waals surface area contributed by atoms with Gasteiger partial charge >= 0.3 is 0 Å². The minimum atomic E-state index is -0.0526. The molecule has 2 heteroatoms. The minimum absolute atomic E-state index is 0.0526. The lowest BCUT2D eigenvalue weighted by molar-refractivity contribution is -0.0600. The third kappa shape index (κ3) is 0.857. The van der Waals surface area contributed by atoms with Gasteiger partial charge in [-0.25, -0.2) is 0 Å². The summed E-state index contributed by atoms with van der Waals surface area (Å²) < 4.78 is 6.18. The number of rotatable bonds is 2. The van der Waals surface area contributed by atoms with E-state index in [0.717, 1.165) is 35.5 Å². The molecule has 1 aromatic rings. The Hall–Kier alpha value is -0.340. The van der Waals surface area contributed by atoms with E-state index in [0.29, 0.717) is 4.83 Å². The SMILES string of the molecule is COC1(c2ccccc2)C(Br)C2C3CC4C2C4C31. The molecule has 0 amide bonds. The van der Waals surface area contributed by atoms with Crippen molar-refractivity contribution in [1.82, 2.24) is 0 Å². The molecule has 18 heavy (non-hydrogen) atoms. The lowest BCUT2D eigenvalue weighted by Crippen LogP contribution is -2.44. The standard InChI is InChI=1S/C16H17BrO/c1-18-16(8-5-3-2-4-6-8)14-10-7-9-11(12(9)14)13(10)15(16)17/h2-6,9-15H,7H2,1H3. The molecule has 0 aromatic heterocycles. The van der Waals surface area contributed by atoms with Crippen molar-refractivity contribution in [3.05, 3.63) is 35.9 Å². The largest absolute Gasteiger partial charge is 0.372 e. The van der Waals surface area contributed by atoms with Crippen molar-refractivity contribution in [2.75, 3.05) is 7.11 Å². The van der Waals surface area contributed by atoms with Gasteiger partial charge in [0.15, 0.2) is 0 Å². The molecule has 6 bridgehead atoms. The van der Waals surface area contributed by atoms with Crippen molar-refractivity contribution in [2.45, 2.75) is 16.8 Å². The molecule has 0 spiro atoms. The Bertz CT molecular complexity index is 515. The zero-order chi connectivity index (χ0) is 12.1. The average molecular weight is 305 g/mol.